The maximum absolute atomic E-state index is 10.6. The Bertz CT molecular complexity index is 362. The van der Waals surface area contributed by atoms with E-state index in [4.69, 9.17) is 5.11 Å². The fourth-order valence-electron chi connectivity index (χ4n) is 1.28. The van der Waals surface area contributed by atoms with Crippen LogP contribution in [0.2, 0.25) is 0 Å². The van der Waals surface area contributed by atoms with Crippen LogP contribution in [0.4, 0.5) is 5.69 Å². The molecule has 0 saturated heterocycles. The van der Waals surface area contributed by atoms with E-state index >= 15 is 0 Å². The standard InChI is InChI=1S/C9H11NO4/c1-2-3-6-7(10(13)14)4-5-8(11)9(6)12/h4-5,11-12H,2-3H2,1H3. The fourth-order valence-corrected chi connectivity index (χ4v) is 1.28. The van der Waals surface area contributed by atoms with Gasteiger partial charge < -0.3 is 10.2 Å². The number of hydrogen-bond donors (Lipinski definition) is 2. The van der Waals surface area contributed by atoms with Gasteiger partial charge in [0.25, 0.3) is 5.69 Å². The molecule has 0 spiro atoms. The van der Waals surface area contributed by atoms with Gasteiger partial charge in [-0.05, 0) is 12.5 Å². The van der Waals surface area contributed by atoms with Gasteiger partial charge in [0.2, 0.25) is 0 Å². The first kappa shape index (κ1) is 10.3. The highest BCUT2D eigenvalue weighted by atomic mass is 16.6. The third kappa shape index (κ3) is 1.76. The predicted molar refractivity (Wildman–Crippen MR) is 50.4 cm³/mol. The number of phenolic OH excluding ortho intramolecular Hbond substituents is 2. The normalized spacial score (nSPS) is 10.1. The number of benzene rings is 1. The molecule has 0 unspecified atom stereocenters. The number of nitrogens with zero attached hydrogens (tertiary/aromatic N) is 1. The van der Waals surface area contributed by atoms with Gasteiger partial charge in [0.1, 0.15) is 0 Å². The second-order valence-electron chi connectivity index (χ2n) is 2.94. The molecule has 2 N–H and O–H groups in total. The molecule has 1 aromatic rings. The average molecular weight is 197 g/mol. The molecule has 76 valence electrons. The minimum atomic E-state index is -0.565. The van der Waals surface area contributed by atoms with Crippen molar-refractivity contribution in [3.63, 3.8) is 0 Å². The van der Waals surface area contributed by atoms with Gasteiger partial charge in [0, 0.05) is 6.07 Å². The Morgan fingerprint density at radius 3 is 2.57 bits per heavy atom. The molecule has 0 fully saturated rings. The highest BCUT2D eigenvalue weighted by molar-refractivity contribution is 5.55. The number of aromatic hydroxyl groups is 2. The smallest absolute Gasteiger partial charge is 0.276 e. The van der Waals surface area contributed by atoms with Crippen molar-refractivity contribution in [3.8, 4) is 11.5 Å². The van der Waals surface area contributed by atoms with E-state index in [1.54, 1.807) is 0 Å². The molecule has 0 atom stereocenters. The van der Waals surface area contributed by atoms with Gasteiger partial charge in [0.05, 0.1) is 10.5 Å². The maximum Gasteiger partial charge on any atom is 0.276 e. The zero-order chi connectivity index (χ0) is 10.7. The minimum Gasteiger partial charge on any atom is -0.504 e. The van der Waals surface area contributed by atoms with Crippen LogP contribution in [0.25, 0.3) is 0 Å². The van der Waals surface area contributed by atoms with Crippen LogP contribution in [-0.4, -0.2) is 15.1 Å². The third-order valence-corrected chi connectivity index (χ3v) is 1.93. The molecule has 0 aliphatic rings. The maximum atomic E-state index is 10.6. The summed E-state index contributed by atoms with van der Waals surface area (Å²) in [6.45, 7) is 1.84. The summed E-state index contributed by atoms with van der Waals surface area (Å²) in [5.41, 5.74) is 0.0413. The van der Waals surface area contributed by atoms with Crippen molar-refractivity contribution < 1.29 is 15.1 Å². The van der Waals surface area contributed by atoms with Gasteiger partial charge in [-0.2, -0.15) is 0 Å². The first-order valence-electron chi connectivity index (χ1n) is 4.26. The summed E-state index contributed by atoms with van der Waals surface area (Å²) in [5.74, 6) is -0.708. The van der Waals surface area contributed by atoms with Gasteiger partial charge >= 0.3 is 0 Å². The molecular formula is C9H11NO4. The fraction of sp³-hybridized carbons (Fsp3) is 0.333. The molecule has 5 nitrogen and oxygen atoms in total. The van der Waals surface area contributed by atoms with Gasteiger partial charge in [0.15, 0.2) is 11.5 Å². The lowest BCUT2D eigenvalue weighted by Gasteiger charge is -2.05. The molecule has 0 saturated carbocycles. The van der Waals surface area contributed by atoms with E-state index in [1.807, 2.05) is 6.92 Å². The van der Waals surface area contributed by atoms with E-state index in [0.29, 0.717) is 12.8 Å². The molecule has 0 aliphatic carbocycles. The quantitative estimate of drug-likeness (QED) is 0.440. The molecule has 0 heterocycles. The molecule has 0 aromatic heterocycles. The molecule has 0 amide bonds. The lowest BCUT2D eigenvalue weighted by Crippen LogP contribution is -1.95. The largest absolute Gasteiger partial charge is 0.504 e. The summed E-state index contributed by atoms with van der Waals surface area (Å²) in [5, 5.41) is 29.1. The van der Waals surface area contributed by atoms with Crippen molar-refractivity contribution in [2.45, 2.75) is 19.8 Å². The zero-order valence-corrected chi connectivity index (χ0v) is 7.73. The SMILES string of the molecule is CCCc1c([N+](=O)[O-])ccc(O)c1O. The lowest BCUT2D eigenvalue weighted by molar-refractivity contribution is -0.385. The van der Waals surface area contributed by atoms with Crippen molar-refractivity contribution in [1.29, 1.82) is 0 Å². The van der Waals surface area contributed by atoms with Gasteiger partial charge in [-0.1, -0.05) is 13.3 Å². The average Bonchev–Trinajstić information content (AvgIpc) is 2.13. The Labute approximate surface area is 80.8 Å². The highest BCUT2D eigenvalue weighted by Gasteiger charge is 2.19. The van der Waals surface area contributed by atoms with Crippen LogP contribution in [-0.2, 0) is 6.42 Å². The Morgan fingerprint density at radius 1 is 1.43 bits per heavy atom. The molecule has 5 heteroatoms. The van der Waals surface area contributed by atoms with Crippen molar-refractivity contribution in [1.82, 2.24) is 0 Å². The van der Waals surface area contributed by atoms with Crippen LogP contribution in [0, 0.1) is 10.1 Å². The summed E-state index contributed by atoms with van der Waals surface area (Å²) >= 11 is 0. The van der Waals surface area contributed by atoms with Crippen molar-refractivity contribution >= 4 is 5.69 Å². The summed E-state index contributed by atoms with van der Waals surface area (Å²) in [6, 6.07) is 2.31. The van der Waals surface area contributed by atoms with Gasteiger partial charge in [-0.25, -0.2) is 0 Å². The van der Waals surface area contributed by atoms with Crippen LogP contribution in [0.5, 0.6) is 11.5 Å². The lowest BCUT2D eigenvalue weighted by atomic mass is 10.1. The zero-order valence-electron chi connectivity index (χ0n) is 7.73. The summed E-state index contributed by atoms with van der Waals surface area (Å²) in [7, 11) is 0. The Balaban J connectivity index is 3.29. The van der Waals surface area contributed by atoms with E-state index < -0.39 is 4.92 Å². The topological polar surface area (TPSA) is 83.6 Å². The predicted octanol–water partition coefficient (Wildman–Crippen LogP) is 1.96. The molecule has 0 bridgehead atoms. The van der Waals surface area contributed by atoms with E-state index in [1.165, 1.54) is 6.07 Å². The van der Waals surface area contributed by atoms with Crippen LogP contribution >= 0.6 is 0 Å². The van der Waals surface area contributed by atoms with E-state index in [2.05, 4.69) is 0 Å². The van der Waals surface area contributed by atoms with E-state index in [-0.39, 0.29) is 22.7 Å². The number of nitro groups is 1. The molecular weight excluding hydrogens is 186 g/mol. The Kier molecular flexibility index (Phi) is 2.91. The second-order valence-corrected chi connectivity index (χ2v) is 2.94. The second kappa shape index (κ2) is 3.95. The number of hydrogen-bond acceptors (Lipinski definition) is 4. The Hall–Kier alpha value is -1.78. The first-order chi connectivity index (χ1) is 6.57. The van der Waals surface area contributed by atoms with Gasteiger partial charge in [-0.3, -0.25) is 10.1 Å². The molecule has 1 rings (SSSR count). The summed E-state index contributed by atoms with van der Waals surface area (Å²) in [6.07, 6.45) is 1.04. The van der Waals surface area contributed by atoms with Crippen LogP contribution in [0.3, 0.4) is 0 Å². The molecule has 14 heavy (non-hydrogen) atoms. The Morgan fingerprint density at radius 2 is 2.07 bits per heavy atom. The van der Waals surface area contributed by atoms with Crippen LogP contribution < -0.4 is 0 Å². The van der Waals surface area contributed by atoms with Crippen molar-refractivity contribution in [2.75, 3.05) is 0 Å². The monoisotopic (exact) mass is 197 g/mol. The van der Waals surface area contributed by atoms with Crippen LogP contribution in [0.15, 0.2) is 12.1 Å². The number of rotatable bonds is 3. The number of nitro benzene ring substituents is 1. The van der Waals surface area contributed by atoms with E-state index in [9.17, 15) is 15.2 Å². The van der Waals surface area contributed by atoms with Crippen LogP contribution in [0.1, 0.15) is 18.9 Å². The van der Waals surface area contributed by atoms with Gasteiger partial charge in [-0.15, -0.1) is 0 Å². The third-order valence-electron chi connectivity index (χ3n) is 1.93. The molecule has 0 aliphatic heterocycles. The number of phenols is 2. The molecule has 1 aromatic carbocycles. The summed E-state index contributed by atoms with van der Waals surface area (Å²) < 4.78 is 0. The summed E-state index contributed by atoms with van der Waals surface area (Å²) in [4.78, 5) is 10.0. The minimum absolute atomic E-state index is 0.151. The van der Waals surface area contributed by atoms with Crippen molar-refractivity contribution in [3.05, 3.63) is 27.8 Å². The first-order valence-corrected chi connectivity index (χ1v) is 4.26. The molecule has 0 radical (unpaired) electrons. The van der Waals surface area contributed by atoms with E-state index in [0.717, 1.165) is 6.07 Å². The highest BCUT2D eigenvalue weighted by Crippen LogP contribution is 2.35. The van der Waals surface area contributed by atoms with Crippen molar-refractivity contribution in [2.24, 2.45) is 0 Å².